The molecule has 0 aliphatic rings. The summed E-state index contributed by atoms with van der Waals surface area (Å²) in [7, 11) is -2.47. The van der Waals surface area contributed by atoms with E-state index in [9.17, 15) is 18.0 Å². The van der Waals surface area contributed by atoms with E-state index in [1.807, 2.05) is 0 Å². The number of ether oxygens (including phenoxy) is 2. The van der Waals surface area contributed by atoms with Gasteiger partial charge in [0.05, 0.1) is 23.3 Å². The van der Waals surface area contributed by atoms with Crippen molar-refractivity contribution in [3.05, 3.63) is 66.7 Å². The van der Waals surface area contributed by atoms with Gasteiger partial charge in [-0.2, -0.15) is 0 Å². The van der Waals surface area contributed by atoms with Crippen LogP contribution in [0.15, 0.2) is 66.1 Å². The van der Waals surface area contributed by atoms with E-state index in [0.29, 0.717) is 5.75 Å². The Hall–Kier alpha value is -3.33. The van der Waals surface area contributed by atoms with Gasteiger partial charge >= 0.3 is 5.97 Å². The van der Waals surface area contributed by atoms with Crippen LogP contribution in [0.25, 0.3) is 0 Å². The van der Waals surface area contributed by atoms with Crippen molar-refractivity contribution in [1.29, 1.82) is 0 Å². The van der Waals surface area contributed by atoms with Crippen molar-refractivity contribution in [2.24, 2.45) is 0 Å². The first-order valence-electron chi connectivity index (χ1n) is 8.18. The Morgan fingerprint density at radius 3 is 2.43 bits per heavy atom. The lowest BCUT2D eigenvalue weighted by Crippen LogP contribution is -2.29. The summed E-state index contributed by atoms with van der Waals surface area (Å²) >= 11 is 0. The van der Waals surface area contributed by atoms with Crippen molar-refractivity contribution < 1.29 is 27.5 Å². The largest absolute Gasteiger partial charge is 0.497 e. The van der Waals surface area contributed by atoms with Gasteiger partial charge in [0.2, 0.25) is 0 Å². The van der Waals surface area contributed by atoms with Crippen LogP contribution in [0.4, 0.5) is 5.69 Å². The van der Waals surface area contributed by atoms with E-state index >= 15 is 0 Å². The Morgan fingerprint density at radius 2 is 1.79 bits per heavy atom. The van der Waals surface area contributed by atoms with Crippen LogP contribution in [0.1, 0.15) is 10.4 Å². The summed E-state index contributed by atoms with van der Waals surface area (Å²) in [6, 6.07) is 11.7. The topological polar surface area (TPSA) is 111 Å². The van der Waals surface area contributed by atoms with Crippen LogP contribution in [-0.2, 0) is 19.6 Å². The van der Waals surface area contributed by atoms with Gasteiger partial charge in [0.25, 0.3) is 15.9 Å². The lowest BCUT2D eigenvalue weighted by atomic mass is 10.2. The fraction of sp³-hybridized carbons (Fsp3) is 0.158. The lowest BCUT2D eigenvalue weighted by Gasteiger charge is -2.12. The zero-order valence-electron chi connectivity index (χ0n) is 15.2. The summed E-state index contributed by atoms with van der Waals surface area (Å²) in [5.41, 5.74) is 0.0194. The number of esters is 1. The standard InChI is InChI=1S/C19H20N2O6S/c1-3-12-20-18(22)13-27-19(23)16-6-4-5-7-17(16)21-28(24,25)15-10-8-14(26-2)9-11-15/h3-11,21H,1,12-13H2,2H3,(H,20,22). The Bertz CT molecular complexity index is 955. The molecule has 0 aromatic heterocycles. The maximum absolute atomic E-state index is 12.6. The molecule has 0 saturated carbocycles. The van der Waals surface area contributed by atoms with Crippen molar-refractivity contribution >= 4 is 27.6 Å². The third kappa shape index (κ3) is 5.58. The predicted octanol–water partition coefficient (Wildman–Crippen LogP) is 1.95. The minimum Gasteiger partial charge on any atom is -0.497 e. The second kappa shape index (κ2) is 9.56. The maximum Gasteiger partial charge on any atom is 0.340 e. The molecule has 8 nitrogen and oxygen atoms in total. The first-order chi connectivity index (χ1) is 13.4. The number of carbonyl (C=O) groups excluding carboxylic acids is 2. The van der Waals surface area contributed by atoms with Crippen molar-refractivity contribution in [1.82, 2.24) is 5.32 Å². The number of amides is 1. The molecule has 0 saturated heterocycles. The van der Waals surface area contributed by atoms with Gasteiger partial charge in [-0.05, 0) is 36.4 Å². The number of sulfonamides is 1. The zero-order valence-corrected chi connectivity index (χ0v) is 16.0. The van der Waals surface area contributed by atoms with Gasteiger partial charge in [-0.1, -0.05) is 18.2 Å². The van der Waals surface area contributed by atoms with Crippen molar-refractivity contribution in [2.45, 2.75) is 4.90 Å². The highest BCUT2D eigenvalue weighted by molar-refractivity contribution is 7.92. The number of hydrogen-bond acceptors (Lipinski definition) is 6. The SMILES string of the molecule is C=CCNC(=O)COC(=O)c1ccccc1NS(=O)(=O)c1ccc(OC)cc1. The van der Waals surface area contributed by atoms with Crippen molar-refractivity contribution in [2.75, 3.05) is 25.0 Å². The van der Waals surface area contributed by atoms with Crippen molar-refractivity contribution in [3.8, 4) is 5.75 Å². The molecule has 9 heteroatoms. The number of para-hydroxylation sites is 1. The normalized spacial score (nSPS) is 10.6. The highest BCUT2D eigenvalue weighted by Crippen LogP contribution is 2.22. The monoisotopic (exact) mass is 404 g/mol. The maximum atomic E-state index is 12.6. The fourth-order valence-corrected chi connectivity index (χ4v) is 3.23. The highest BCUT2D eigenvalue weighted by Gasteiger charge is 2.20. The zero-order chi connectivity index (χ0) is 20.6. The van der Waals surface area contributed by atoms with E-state index in [2.05, 4.69) is 16.6 Å². The minimum atomic E-state index is -3.94. The van der Waals surface area contributed by atoms with Gasteiger partial charge in [-0.3, -0.25) is 9.52 Å². The number of nitrogens with one attached hydrogen (secondary N) is 2. The average Bonchev–Trinajstić information content (AvgIpc) is 2.70. The van der Waals surface area contributed by atoms with Gasteiger partial charge in [-0.15, -0.1) is 6.58 Å². The number of carbonyl (C=O) groups is 2. The van der Waals surface area contributed by atoms with Crippen LogP contribution >= 0.6 is 0 Å². The summed E-state index contributed by atoms with van der Waals surface area (Å²) in [6.07, 6.45) is 1.49. The molecule has 28 heavy (non-hydrogen) atoms. The number of benzene rings is 2. The first kappa shape index (κ1) is 21.0. The molecular weight excluding hydrogens is 384 g/mol. The molecule has 0 fully saturated rings. The first-order valence-corrected chi connectivity index (χ1v) is 9.66. The Kier molecular flexibility index (Phi) is 7.16. The quantitative estimate of drug-likeness (QED) is 0.488. The van der Waals surface area contributed by atoms with Gasteiger partial charge in [0, 0.05) is 6.54 Å². The summed E-state index contributed by atoms with van der Waals surface area (Å²) < 4.78 is 37.5. The molecule has 2 aromatic carbocycles. The second-order valence-electron chi connectivity index (χ2n) is 5.50. The molecule has 0 aliphatic heterocycles. The van der Waals surface area contributed by atoms with Crippen LogP contribution in [0.2, 0.25) is 0 Å². The third-order valence-corrected chi connectivity index (χ3v) is 4.92. The molecule has 2 rings (SSSR count). The van der Waals surface area contributed by atoms with E-state index in [4.69, 9.17) is 9.47 Å². The van der Waals surface area contributed by atoms with Gasteiger partial charge in [0.15, 0.2) is 6.61 Å². The highest BCUT2D eigenvalue weighted by atomic mass is 32.2. The molecule has 0 heterocycles. The molecule has 0 bridgehead atoms. The van der Waals surface area contributed by atoms with Crippen LogP contribution < -0.4 is 14.8 Å². The molecule has 0 atom stereocenters. The number of methoxy groups -OCH3 is 1. The molecule has 2 N–H and O–H groups in total. The molecule has 148 valence electrons. The van der Waals surface area contributed by atoms with Gasteiger partial charge < -0.3 is 14.8 Å². The summed E-state index contributed by atoms with van der Waals surface area (Å²) in [5, 5.41) is 2.47. The molecule has 0 radical (unpaired) electrons. The average molecular weight is 404 g/mol. The molecular formula is C19H20N2O6S. The summed E-state index contributed by atoms with van der Waals surface area (Å²) in [6.45, 7) is 3.21. The van der Waals surface area contributed by atoms with E-state index in [0.717, 1.165) is 0 Å². The molecule has 2 aromatic rings. The van der Waals surface area contributed by atoms with Crippen molar-refractivity contribution in [3.63, 3.8) is 0 Å². The lowest BCUT2D eigenvalue weighted by molar-refractivity contribution is -0.124. The molecule has 0 aliphatic carbocycles. The van der Waals surface area contributed by atoms with Gasteiger partial charge in [-0.25, -0.2) is 13.2 Å². The molecule has 0 unspecified atom stereocenters. The summed E-state index contributed by atoms with van der Waals surface area (Å²) in [5.74, 6) is -0.816. The van der Waals surface area contributed by atoms with Crippen LogP contribution in [-0.4, -0.2) is 40.6 Å². The Labute approximate surface area is 163 Å². The van der Waals surface area contributed by atoms with E-state index in [-0.39, 0.29) is 22.7 Å². The van der Waals surface area contributed by atoms with Gasteiger partial charge in [0.1, 0.15) is 5.75 Å². The van der Waals surface area contributed by atoms with E-state index in [1.165, 1.54) is 49.6 Å². The van der Waals surface area contributed by atoms with Crippen LogP contribution in [0, 0.1) is 0 Å². The fourth-order valence-electron chi connectivity index (χ4n) is 2.15. The Balaban J connectivity index is 2.15. The number of hydrogen-bond donors (Lipinski definition) is 2. The van der Waals surface area contributed by atoms with E-state index in [1.54, 1.807) is 12.1 Å². The minimum absolute atomic E-state index is 0.000253. The number of rotatable bonds is 9. The Morgan fingerprint density at radius 1 is 1.11 bits per heavy atom. The van der Waals surface area contributed by atoms with E-state index < -0.39 is 28.5 Å². The molecule has 1 amide bonds. The second-order valence-corrected chi connectivity index (χ2v) is 7.18. The smallest absolute Gasteiger partial charge is 0.340 e. The molecule has 0 spiro atoms. The van der Waals surface area contributed by atoms with Crippen LogP contribution in [0.3, 0.4) is 0 Å². The predicted molar refractivity (Wildman–Crippen MR) is 104 cm³/mol. The third-order valence-electron chi connectivity index (χ3n) is 3.54. The number of anilines is 1. The van der Waals surface area contributed by atoms with Crippen LogP contribution in [0.5, 0.6) is 5.75 Å². The summed E-state index contributed by atoms with van der Waals surface area (Å²) in [4.78, 5) is 23.8.